The van der Waals surface area contributed by atoms with E-state index in [0.29, 0.717) is 18.0 Å². The average molecular weight is 357 g/mol. The minimum Gasteiger partial charge on any atom is -0.507 e. The second kappa shape index (κ2) is 8.71. The van der Waals surface area contributed by atoms with Crippen molar-refractivity contribution in [2.24, 2.45) is 5.10 Å². The largest absolute Gasteiger partial charge is 0.507 e. The van der Waals surface area contributed by atoms with Gasteiger partial charge in [0.25, 0.3) is 5.91 Å². The number of halogens is 1. The molecular weight excluding hydrogens is 340 g/mol. The van der Waals surface area contributed by atoms with Crippen LogP contribution in [0.1, 0.15) is 22.3 Å². The average Bonchev–Trinajstić information content (AvgIpc) is 2.62. The highest BCUT2D eigenvalue weighted by Gasteiger charge is 2.10. The molecule has 2 N–H and O–H groups in total. The molecular formula is C18H17ClN4O2. The van der Waals surface area contributed by atoms with Crippen molar-refractivity contribution in [1.82, 2.24) is 5.43 Å². The lowest BCUT2D eigenvalue weighted by Gasteiger charge is -2.17. The Balaban J connectivity index is 1.97. The molecule has 25 heavy (non-hydrogen) atoms. The molecule has 0 heterocycles. The Hall–Kier alpha value is -3.04. The molecule has 0 aliphatic carbocycles. The molecule has 2 rings (SSSR count). The van der Waals surface area contributed by atoms with E-state index in [4.69, 9.17) is 16.9 Å². The van der Waals surface area contributed by atoms with E-state index >= 15 is 0 Å². The van der Waals surface area contributed by atoms with Crippen molar-refractivity contribution in [2.75, 3.05) is 18.5 Å². The first-order valence-electron chi connectivity index (χ1n) is 7.51. The van der Waals surface area contributed by atoms with Gasteiger partial charge in [-0.3, -0.25) is 4.79 Å². The summed E-state index contributed by atoms with van der Waals surface area (Å²) in [7, 11) is 1.91. The van der Waals surface area contributed by atoms with E-state index in [1.807, 2.05) is 36.2 Å². The number of aromatic hydroxyl groups is 1. The molecule has 128 valence electrons. The molecule has 0 aliphatic rings. The van der Waals surface area contributed by atoms with Gasteiger partial charge in [0.1, 0.15) is 5.75 Å². The third kappa shape index (κ3) is 5.23. The maximum Gasteiger partial charge on any atom is 0.275 e. The predicted molar refractivity (Wildman–Crippen MR) is 98.1 cm³/mol. The molecule has 0 saturated heterocycles. The van der Waals surface area contributed by atoms with Crippen molar-refractivity contribution >= 4 is 29.4 Å². The fraction of sp³-hybridized carbons (Fsp3) is 0.167. The number of amides is 1. The molecule has 0 aliphatic heterocycles. The van der Waals surface area contributed by atoms with Crippen molar-refractivity contribution in [3.63, 3.8) is 0 Å². The second-order valence-corrected chi connectivity index (χ2v) is 5.72. The molecule has 0 unspecified atom stereocenters. The normalized spacial score (nSPS) is 10.4. The summed E-state index contributed by atoms with van der Waals surface area (Å²) >= 11 is 5.81. The van der Waals surface area contributed by atoms with Crippen molar-refractivity contribution in [2.45, 2.75) is 6.42 Å². The number of hydrogen-bond acceptors (Lipinski definition) is 5. The molecule has 2 aromatic rings. The maximum absolute atomic E-state index is 12.0. The van der Waals surface area contributed by atoms with Crippen LogP contribution in [-0.4, -0.2) is 30.8 Å². The summed E-state index contributed by atoms with van der Waals surface area (Å²) in [6.45, 7) is 0.656. The Labute approximate surface area is 151 Å². The minimum atomic E-state index is -0.552. The summed E-state index contributed by atoms with van der Waals surface area (Å²) in [5.74, 6) is -0.717. The first kappa shape index (κ1) is 18.3. The second-order valence-electron chi connectivity index (χ2n) is 5.28. The van der Waals surface area contributed by atoms with Crippen molar-refractivity contribution in [1.29, 1.82) is 5.26 Å². The standard InChI is InChI=1S/C18H17ClN4O2/c1-23(10-2-9-20)15-6-3-13(4-7-15)12-21-22-18(25)16-11-14(19)5-8-17(16)24/h3-8,11-12,24H,2,10H2,1H3,(H,22,25)/b21-12-. The van der Waals surface area contributed by atoms with Crippen LogP contribution in [0.2, 0.25) is 5.02 Å². The van der Waals surface area contributed by atoms with E-state index in [2.05, 4.69) is 16.6 Å². The number of nitrogens with zero attached hydrogens (tertiary/aromatic N) is 3. The SMILES string of the molecule is CN(CCC#N)c1ccc(/C=N\NC(=O)c2cc(Cl)ccc2O)cc1. The highest BCUT2D eigenvalue weighted by Crippen LogP contribution is 2.21. The van der Waals surface area contributed by atoms with Gasteiger partial charge in [-0.2, -0.15) is 10.4 Å². The summed E-state index contributed by atoms with van der Waals surface area (Å²) in [5.41, 5.74) is 4.19. The molecule has 0 aromatic heterocycles. The van der Waals surface area contributed by atoms with Gasteiger partial charge in [-0.25, -0.2) is 5.43 Å². The number of nitrogens with one attached hydrogen (secondary N) is 1. The number of rotatable bonds is 6. The van der Waals surface area contributed by atoms with Gasteiger partial charge in [0.15, 0.2) is 0 Å². The van der Waals surface area contributed by atoms with Gasteiger partial charge in [0.05, 0.1) is 24.3 Å². The Bertz CT molecular complexity index is 813. The minimum absolute atomic E-state index is 0.0547. The molecule has 0 atom stereocenters. The summed E-state index contributed by atoms with van der Waals surface area (Å²) in [4.78, 5) is 14.0. The van der Waals surface area contributed by atoms with Gasteiger partial charge in [0, 0.05) is 24.3 Å². The maximum atomic E-state index is 12.0. The lowest BCUT2D eigenvalue weighted by atomic mass is 10.2. The topological polar surface area (TPSA) is 88.7 Å². The molecule has 1 amide bonds. The van der Waals surface area contributed by atoms with Crippen LogP contribution in [0.15, 0.2) is 47.6 Å². The molecule has 0 saturated carbocycles. The van der Waals surface area contributed by atoms with E-state index in [-0.39, 0.29) is 11.3 Å². The zero-order chi connectivity index (χ0) is 18.2. The number of anilines is 1. The number of benzene rings is 2. The third-order valence-electron chi connectivity index (χ3n) is 3.48. The Morgan fingerprint density at radius 1 is 1.36 bits per heavy atom. The first-order valence-corrected chi connectivity index (χ1v) is 7.89. The number of phenols is 1. The van der Waals surface area contributed by atoms with Crippen LogP contribution in [-0.2, 0) is 0 Å². The van der Waals surface area contributed by atoms with Gasteiger partial charge >= 0.3 is 0 Å². The summed E-state index contributed by atoms with van der Waals surface area (Å²) < 4.78 is 0. The molecule has 0 spiro atoms. The monoisotopic (exact) mass is 356 g/mol. The molecule has 7 heteroatoms. The van der Waals surface area contributed by atoms with E-state index in [1.54, 1.807) is 0 Å². The van der Waals surface area contributed by atoms with Crippen LogP contribution in [0.25, 0.3) is 0 Å². The van der Waals surface area contributed by atoms with Gasteiger partial charge in [-0.05, 0) is 35.9 Å². The van der Waals surface area contributed by atoms with Gasteiger partial charge < -0.3 is 10.0 Å². The van der Waals surface area contributed by atoms with Crippen molar-refractivity contribution in [3.05, 3.63) is 58.6 Å². The van der Waals surface area contributed by atoms with E-state index in [1.165, 1.54) is 24.4 Å². The molecule has 6 nitrogen and oxygen atoms in total. The first-order chi connectivity index (χ1) is 12.0. The van der Waals surface area contributed by atoms with Gasteiger partial charge in [0.2, 0.25) is 0 Å². The summed E-state index contributed by atoms with van der Waals surface area (Å²) in [5, 5.41) is 22.5. The number of phenolic OH excluding ortho intramolecular Hbond substituents is 1. The third-order valence-corrected chi connectivity index (χ3v) is 3.71. The van der Waals surface area contributed by atoms with Crippen LogP contribution in [0, 0.1) is 11.3 Å². The summed E-state index contributed by atoms with van der Waals surface area (Å²) in [6.07, 6.45) is 1.96. The number of hydrazone groups is 1. The van der Waals surface area contributed by atoms with Crippen LogP contribution >= 0.6 is 11.6 Å². The van der Waals surface area contributed by atoms with E-state index in [0.717, 1.165) is 11.3 Å². The predicted octanol–water partition coefficient (Wildman–Crippen LogP) is 3.16. The summed E-state index contributed by atoms with van der Waals surface area (Å²) in [6, 6.07) is 13.8. The smallest absolute Gasteiger partial charge is 0.275 e. The Kier molecular flexibility index (Phi) is 6.38. The van der Waals surface area contributed by atoms with E-state index < -0.39 is 5.91 Å². The molecule has 0 radical (unpaired) electrons. The van der Waals surface area contributed by atoms with Crippen LogP contribution in [0.5, 0.6) is 5.75 Å². The van der Waals surface area contributed by atoms with Crippen molar-refractivity contribution < 1.29 is 9.90 Å². The Morgan fingerprint density at radius 2 is 2.08 bits per heavy atom. The number of nitriles is 1. The fourth-order valence-corrected chi connectivity index (χ4v) is 2.25. The van der Waals surface area contributed by atoms with E-state index in [9.17, 15) is 9.90 Å². The lowest BCUT2D eigenvalue weighted by Crippen LogP contribution is -2.18. The van der Waals surface area contributed by atoms with Crippen LogP contribution in [0.3, 0.4) is 0 Å². The molecule has 2 aromatic carbocycles. The zero-order valence-electron chi connectivity index (χ0n) is 13.6. The fourth-order valence-electron chi connectivity index (χ4n) is 2.08. The zero-order valence-corrected chi connectivity index (χ0v) is 14.4. The quantitative estimate of drug-likeness (QED) is 0.614. The van der Waals surface area contributed by atoms with Crippen molar-refractivity contribution in [3.8, 4) is 11.8 Å². The van der Waals surface area contributed by atoms with Gasteiger partial charge in [-0.15, -0.1) is 0 Å². The highest BCUT2D eigenvalue weighted by atomic mass is 35.5. The van der Waals surface area contributed by atoms with Crippen LogP contribution in [0.4, 0.5) is 5.69 Å². The van der Waals surface area contributed by atoms with Crippen LogP contribution < -0.4 is 10.3 Å². The number of hydrogen-bond donors (Lipinski definition) is 2. The lowest BCUT2D eigenvalue weighted by molar-refractivity contribution is 0.0952. The molecule has 0 bridgehead atoms. The Morgan fingerprint density at radius 3 is 2.76 bits per heavy atom. The number of carbonyl (C=O) groups excluding carboxylic acids is 1. The van der Waals surface area contributed by atoms with Gasteiger partial charge in [-0.1, -0.05) is 23.7 Å². The molecule has 0 fully saturated rings. The highest BCUT2D eigenvalue weighted by molar-refractivity contribution is 6.31. The number of carbonyl (C=O) groups is 1.